The third-order valence-electron chi connectivity index (χ3n) is 5.75. The van der Waals surface area contributed by atoms with E-state index in [1.807, 2.05) is 60.9 Å². The van der Waals surface area contributed by atoms with E-state index in [0.717, 1.165) is 33.7 Å². The monoisotopic (exact) mass is 428 g/mol. The molecule has 30 heavy (non-hydrogen) atoms. The Hall–Kier alpha value is -2.38. The van der Waals surface area contributed by atoms with Crippen LogP contribution in [0.2, 0.25) is 0 Å². The average molecular weight is 429 g/mol. The smallest absolute Gasteiger partial charge is 0.150 e. The standard InChI is InChI=1S/C23H28N2O4S/c1-16-6-5-7-17(2)23(16)29-14-19(26)13-25-21-9-4-3-8-20(21)24-22(25)12-18-10-11-30(27,28)15-18/h3-9,18-19,26H,10-15H2,1-2H3/t18-,19+/m1/s1. The van der Waals surface area contributed by atoms with Crippen molar-refractivity contribution in [3.05, 3.63) is 59.4 Å². The number of fused-ring (bicyclic) bond motifs is 1. The highest BCUT2D eigenvalue weighted by atomic mass is 32.2. The number of aryl methyl sites for hydroxylation is 2. The molecule has 7 heteroatoms. The van der Waals surface area contributed by atoms with Crippen LogP contribution in [0.4, 0.5) is 0 Å². The summed E-state index contributed by atoms with van der Waals surface area (Å²) in [6, 6.07) is 13.8. The Bertz CT molecular complexity index is 1130. The zero-order chi connectivity index (χ0) is 21.3. The summed E-state index contributed by atoms with van der Waals surface area (Å²) < 4.78 is 31.7. The predicted molar refractivity (Wildman–Crippen MR) is 118 cm³/mol. The van der Waals surface area contributed by atoms with Crippen LogP contribution in [0.15, 0.2) is 42.5 Å². The van der Waals surface area contributed by atoms with Gasteiger partial charge in [0.15, 0.2) is 9.84 Å². The fraction of sp³-hybridized carbons (Fsp3) is 0.435. The number of aliphatic hydroxyl groups is 1. The second-order valence-electron chi connectivity index (χ2n) is 8.29. The third kappa shape index (κ3) is 4.52. The molecule has 2 atom stereocenters. The molecule has 0 radical (unpaired) electrons. The lowest BCUT2D eigenvalue weighted by Gasteiger charge is -2.18. The highest BCUT2D eigenvalue weighted by Gasteiger charge is 2.29. The van der Waals surface area contributed by atoms with E-state index >= 15 is 0 Å². The van der Waals surface area contributed by atoms with Crippen molar-refractivity contribution in [2.75, 3.05) is 18.1 Å². The van der Waals surface area contributed by atoms with Crippen LogP contribution < -0.4 is 4.74 Å². The van der Waals surface area contributed by atoms with Gasteiger partial charge in [0, 0.05) is 6.42 Å². The maximum Gasteiger partial charge on any atom is 0.150 e. The lowest BCUT2D eigenvalue weighted by atomic mass is 10.1. The Morgan fingerprint density at radius 1 is 1.17 bits per heavy atom. The zero-order valence-electron chi connectivity index (χ0n) is 17.4. The zero-order valence-corrected chi connectivity index (χ0v) is 18.2. The largest absolute Gasteiger partial charge is 0.490 e. The maximum absolute atomic E-state index is 11.9. The second kappa shape index (κ2) is 8.40. The van der Waals surface area contributed by atoms with Gasteiger partial charge in [0.1, 0.15) is 24.3 Å². The topological polar surface area (TPSA) is 81.4 Å². The number of aliphatic hydroxyl groups excluding tert-OH is 1. The van der Waals surface area contributed by atoms with Crippen molar-refractivity contribution < 1.29 is 18.3 Å². The van der Waals surface area contributed by atoms with Crippen LogP contribution in [0.25, 0.3) is 11.0 Å². The number of ether oxygens (including phenoxy) is 1. The highest BCUT2D eigenvalue weighted by Crippen LogP contribution is 2.26. The number of rotatable bonds is 7. The summed E-state index contributed by atoms with van der Waals surface area (Å²) in [4.78, 5) is 4.74. The number of hydrogen-bond donors (Lipinski definition) is 1. The SMILES string of the molecule is Cc1cccc(C)c1OC[C@@H](O)Cn1c(C[C@H]2CCS(=O)(=O)C2)nc2ccccc21. The second-order valence-corrected chi connectivity index (χ2v) is 10.5. The molecule has 0 aliphatic carbocycles. The molecule has 2 aromatic carbocycles. The molecule has 1 aromatic heterocycles. The summed E-state index contributed by atoms with van der Waals surface area (Å²) in [5, 5.41) is 10.7. The molecule has 0 unspecified atom stereocenters. The number of benzene rings is 2. The quantitative estimate of drug-likeness (QED) is 0.625. The molecule has 1 saturated heterocycles. The van der Waals surface area contributed by atoms with Gasteiger partial charge in [-0.15, -0.1) is 0 Å². The predicted octanol–water partition coefficient (Wildman–Crippen LogP) is 3.07. The van der Waals surface area contributed by atoms with E-state index < -0.39 is 15.9 Å². The first kappa shape index (κ1) is 20.9. The third-order valence-corrected chi connectivity index (χ3v) is 7.59. The number of sulfone groups is 1. The van der Waals surface area contributed by atoms with Gasteiger partial charge in [-0.1, -0.05) is 30.3 Å². The van der Waals surface area contributed by atoms with E-state index in [2.05, 4.69) is 0 Å². The molecule has 0 amide bonds. The molecule has 1 N–H and O–H groups in total. The van der Waals surface area contributed by atoms with Crippen LogP contribution in [-0.4, -0.2) is 47.3 Å². The Kier molecular flexibility index (Phi) is 5.84. The summed E-state index contributed by atoms with van der Waals surface area (Å²) >= 11 is 0. The van der Waals surface area contributed by atoms with Gasteiger partial charge in [-0.3, -0.25) is 0 Å². The van der Waals surface area contributed by atoms with Crippen LogP contribution >= 0.6 is 0 Å². The van der Waals surface area contributed by atoms with E-state index in [1.165, 1.54) is 0 Å². The van der Waals surface area contributed by atoms with Gasteiger partial charge in [-0.05, 0) is 49.4 Å². The van der Waals surface area contributed by atoms with E-state index in [-0.39, 0.29) is 24.0 Å². The van der Waals surface area contributed by atoms with Crippen molar-refractivity contribution in [1.29, 1.82) is 0 Å². The van der Waals surface area contributed by atoms with Gasteiger partial charge in [0.2, 0.25) is 0 Å². The number of hydrogen-bond acceptors (Lipinski definition) is 5. The molecule has 0 bridgehead atoms. The average Bonchev–Trinajstić information content (AvgIpc) is 3.21. The van der Waals surface area contributed by atoms with Crippen molar-refractivity contribution in [3.8, 4) is 5.75 Å². The summed E-state index contributed by atoms with van der Waals surface area (Å²) in [5.74, 6) is 2.18. The Morgan fingerprint density at radius 3 is 2.60 bits per heavy atom. The van der Waals surface area contributed by atoms with E-state index in [9.17, 15) is 13.5 Å². The molecule has 0 spiro atoms. The lowest BCUT2D eigenvalue weighted by Crippen LogP contribution is -2.25. The summed E-state index contributed by atoms with van der Waals surface area (Å²) in [5.41, 5.74) is 3.88. The lowest BCUT2D eigenvalue weighted by molar-refractivity contribution is 0.0919. The molecule has 2 heterocycles. The van der Waals surface area contributed by atoms with Crippen molar-refractivity contribution >= 4 is 20.9 Å². The maximum atomic E-state index is 11.9. The molecular weight excluding hydrogens is 400 g/mol. The summed E-state index contributed by atoms with van der Waals surface area (Å²) in [7, 11) is -2.94. The fourth-order valence-corrected chi connectivity index (χ4v) is 6.11. The fourth-order valence-electron chi connectivity index (χ4n) is 4.25. The minimum absolute atomic E-state index is 0.0774. The molecule has 6 nitrogen and oxygen atoms in total. The first-order chi connectivity index (χ1) is 14.3. The van der Waals surface area contributed by atoms with Crippen LogP contribution in [0.5, 0.6) is 5.75 Å². The van der Waals surface area contributed by atoms with Crippen molar-refractivity contribution in [2.24, 2.45) is 5.92 Å². The number of aromatic nitrogens is 2. The Labute approximate surface area is 177 Å². The normalized spacial score (nSPS) is 19.2. The minimum Gasteiger partial charge on any atom is -0.490 e. The molecule has 1 aliphatic rings. The van der Waals surface area contributed by atoms with Crippen LogP contribution in [0, 0.1) is 19.8 Å². The minimum atomic E-state index is -2.94. The van der Waals surface area contributed by atoms with Gasteiger partial charge in [-0.2, -0.15) is 0 Å². The van der Waals surface area contributed by atoms with E-state index in [4.69, 9.17) is 9.72 Å². The number of para-hydroxylation sites is 3. The molecule has 3 aromatic rings. The first-order valence-electron chi connectivity index (χ1n) is 10.3. The Morgan fingerprint density at radius 2 is 1.90 bits per heavy atom. The van der Waals surface area contributed by atoms with Crippen LogP contribution in [-0.2, 0) is 22.8 Å². The van der Waals surface area contributed by atoms with Crippen molar-refractivity contribution in [2.45, 2.75) is 39.3 Å². The van der Waals surface area contributed by atoms with E-state index in [1.54, 1.807) is 0 Å². The highest BCUT2D eigenvalue weighted by molar-refractivity contribution is 7.91. The molecule has 0 saturated carbocycles. The molecule has 160 valence electrons. The molecular formula is C23H28N2O4S. The van der Waals surface area contributed by atoms with Gasteiger partial charge in [0.25, 0.3) is 0 Å². The molecule has 4 rings (SSSR count). The van der Waals surface area contributed by atoms with Crippen molar-refractivity contribution in [1.82, 2.24) is 9.55 Å². The molecule has 1 fully saturated rings. The van der Waals surface area contributed by atoms with Crippen LogP contribution in [0.3, 0.4) is 0 Å². The van der Waals surface area contributed by atoms with E-state index in [0.29, 0.717) is 19.4 Å². The Balaban J connectivity index is 1.52. The molecule has 1 aliphatic heterocycles. The van der Waals surface area contributed by atoms with Crippen molar-refractivity contribution in [3.63, 3.8) is 0 Å². The summed E-state index contributed by atoms with van der Waals surface area (Å²) in [6.07, 6.45) is 0.551. The number of imidazole rings is 1. The first-order valence-corrected chi connectivity index (χ1v) is 12.2. The van der Waals surface area contributed by atoms with Gasteiger partial charge in [-0.25, -0.2) is 13.4 Å². The van der Waals surface area contributed by atoms with Gasteiger partial charge < -0.3 is 14.4 Å². The van der Waals surface area contributed by atoms with Gasteiger partial charge >= 0.3 is 0 Å². The summed E-state index contributed by atoms with van der Waals surface area (Å²) in [6.45, 7) is 4.51. The van der Waals surface area contributed by atoms with Crippen LogP contribution in [0.1, 0.15) is 23.4 Å². The number of nitrogens with zero attached hydrogens (tertiary/aromatic N) is 2. The van der Waals surface area contributed by atoms with Gasteiger partial charge in [0.05, 0.1) is 29.1 Å².